The molecule has 1 fully saturated rings. The minimum Gasteiger partial charge on any atom is -0.477 e. The van der Waals surface area contributed by atoms with Gasteiger partial charge in [0, 0.05) is 26.2 Å². The normalized spacial score (nSPS) is 15.9. The molecule has 0 bridgehead atoms. The fourth-order valence-electron chi connectivity index (χ4n) is 3.33. The monoisotopic (exact) mass is 392 g/mol. The molecular weight excluding hydrogens is 373 g/mol. The Kier molecular flexibility index (Phi) is 4.78. The minimum atomic E-state index is -4.47. The molecule has 0 atom stereocenters. The van der Waals surface area contributed by atoms with E-state index in [9.17, 15) is 13.2 Å². The number of fused-ring (bicyclic) bond motifs is 1. The van der Waals surface area contributed by atoms with Crippen molar-refractivity contribution in [2.45, 2.75) is 19.0 Å². The predicted molar refractivity (Wildman–Crippen MR) is 96.0 cm³/mol. The maximum Gasteiger partial charge on any atom is 0.433 e. The van der Waals surface area contributed by atoms with Gasteiger partial charge in [-0.3, -0.25) is 0 Å². The van der Waals surface area contributed by atoms with E-state index in [0.29, 0.717) is 6.61 Å². The zero-order chi connectivity index (χ0) is 19.7. The summed E-state index contributed by atoms with van der Waals surface area (Å²) in [5.74, 6) is 1.06. The Morgan fingerprint density at radius 2 is 1.93 bits per heavy atom. The first kappa shape index (κ1) is 18.5. The second-order valence-corrected chi connectivity index (χ2v) is 6.83. The van der Waals surface area contributed by atoms with Gasteiger partial charge in [-0.1, -0.05) is 6.07 Å². The average Bonchev–Trinajstić information content (AvgIpc) is 3.08. The molecule has 28 heavy (non-hydrogen) atoms. The van der Waals surface area contributed by atoms with E-state index in [1.807, 2.05) is 11.6 Å². The summed E-state index contributed by atoms with van der Waals surface area (Å²) in [7, 11) is 1.89. The van der Waals surface area contributed by atoms with Gasteiger partial charge in [-0.15, -0.1) is 0 Å². The van der Waals surface area contributed by atoms with Crippen molar-refractivity contribution in [1.29, 1.82) is 0 Å². The maximum absolute atomic E-state index is 12.7. The van der Waals surface area contributed by atoms with Crippen molar-refractivity contribution in [2.75, 3.05) is 24.6 Å². The van der Waals surface area contributed by atoms with E-state index in [4.69, 9.17) is 4.74 Å². The molecule has 0 unspecified atom stereocenters. The Bertz CT molecular complexity index is 965. The quantitative estimate of drug-likeness (QED) is 0.680. The van der Waals surface area contributed by atoms with E-state index in [2.05, 4.69) is 24.8 Å². The van der Waals surface area contributed by atoms with Crippen LogP contribution in [0.1, 0.15) is 18.5 Å². The standard InChI is InChI=1S/C18H19F3N6O/c1-26-11-24-15-16(26)22-10-23-17(15)27-7-5-12(6-8-27)9-28-14-4-2-3-13(25-14)18(19,20)21/h2-4,10-12H,5-9H2,1H3. The molecule has 7 nitrogen and oxygen atoms in total. The largest absolute Gasteiger partial charge is 0.477 e. The number of alkyl halides is 3. The number of pyridine rings is 1. The van der Waals surface area contributed by atoms with E-state index in [1.165, 1.54) is 18.5 Å². The number of piperidine rings is 1. The first-order chi connectivity index (χ1) is 13.4. The molecular formula is C18H19F3N6O. The van der Waals surface area contributed by atoms with Crippen LogP contribution in [0.4, 0.5) is 19.0 Å². The summed E-state index contributed by atoms with van der Waals surface area (Å²) in [6.45, 7) is 1.88. The van der Waals surface area contributed by atoms with E-state index in [1.54, 1.807) is 6.33 Å². The predicted octanol–water partition coefficient (Wildman–Crippen LogP) is 3.07. The smallest absolute Gasteiger partial charge is 0.433 e. The van der Waals surface area contributed by atoms with E-state index in [-0.39, 0.29) is 11.8 Å². The van der Waals surface area contributed by atoms with Gasteiger partial charge >= 0.3 is 6.18 Å². The summed E-state index contributed by atoms with van der Waals surface area (Å²) in [4.78, 5) is 18.7. The average molecular weight is 392 g/mol. The van der Waals surface area contributed by atoms with Gasteiger partial charge in [-0.05, 0) is 24.8 Å². The molecule has 0 N–H and O–H groups in total. The summed E-state index contributed by atoms with van der Waals surface area (Å²) < 4.78 is 45.6. The van der Waals surface area contributed by atoms with Crippen molar-refractivity contribution in [1.82, 2.24) is 24.5 Å². The molecule has 1 saturated heterocycles. The van der Waals surface area contributed by atoms with Crippen LogP contribution in [-0.4, -0.2) is 44.2 Å². The Hall–Kier alpha value is -2.91. The number of hydrogen-bond donors (Lipinski definition) is 0. The van der Waals surface area contributed by atoms with Gasteiger partial charge < -0.3 is 14.2 Å². The lowest BCUT2D eigenvalue weighted by Gasteiger charge is -2.32. The Balaban J connectivity index is 1.36. The van der Waals surface area contributed by atoms with Gasteiger partial charge in [0.15, 0.2) is 17.0 Å². The number of anilines is 1. The third kappa shape index (κ3) is 3.71. The second-order valence-electron chi connectivity index (χ2n) is 6.83. The molecule has 3 aromatic heterocycles. The van der Waals surface area contributed by atoms with Gasteiger partial charge in [0.05, 0.1) is 12.9 Å². The van der Waals surface area contributed by atoms with Crippen LogP contribution in [0.5, 0.6) is 5.88 Å². The SMILES string of the molecule is Cn1cnc2c(N3CCC(COc4cccc(C(F)(F)F)n4)CC3)ncnc21. The summed E-state index contributed by atoms with van der Waals surface area (Å²) in [5, 5.41) is 0. The van der Waals surface area contributed by atoms with Crippen molar-refractivity contribution in [3.8, 4) is 5.88 Å². The highest BCUT2D eigenvalue weighted by Gasteiger charge is 2.32. The van der Waals surface area contributed by atoms with Gasteiger partial charge in [-0.2, -0.15) is 13.2 Å². The second kappa shape index (κ2) is 7.25. The zero-order valence-corrected chi connectivity index (χ0v) is 15.2. The number of aromatic nitrogens is 5. The minimum absolute atomic E-state index is 0.00301. The molecule has 0 amide bonds. The zero-order valence-electron chi connectivity index (χ0n) is 15.2. The first-order valence-electron chi connectivity index (χ1n) is 8.96. The van der Waals surface area contributed by atoms with Gasteiger partial charge in [0.1, 0.15) is 12.0 Å². The van der Waals surface area contributed by atoms with Crippen LogP contribution in [0.25, 0.3) is 11.2 Å². The Morgan fingerprint density at radius 3 is 2.68 bits per heavy atom. The maximum atomic E-state index is 12.7. The molecule has 1 aliphatic rings. The molecule has 0 aliphatic carbocycles. The fourth-order valence-corrected chi connectivity index (χ4v) is 3.33. The van der Waals surface area contributed by atoms with Gasteiger partial charge in [0.25, 0.3) is 0 Å². The van der Waals surface area contributed by atoms with Crippen molar-refractivity contribution in [3.63, 3.8) is 0 Å². The van der Waals surface area contributed by atoms with Crippen LogP contribution in [0.2, 0.25) is 0 Å². The molecule has 0 saturated carbocycles. The van der Waals surface area contributed by atoms with Crippen LogP contribution in [-0.2, 0) is 13.2 Å². The number of aryl methyl sites for hydroxylation is 1. The molecule has 1 aliphatic heterocycles. The third-order valence-corrected chi connectivity index (χ3v) is 4.87. The third-order valence-electron chi connectivity index (χ3n) is 4.87. The van der Waals surface area contributed by atoms with Crippen LogP contribution in [0, 0.1) is 5.92 Å². The molecule has 0 aromatic carbocycles. The summed E-state index contributed by atoms with van der Waals surface area (Å²) in [6, 6.07) is 3.69. The van der Waals surface area contributed by atoms with Crippen molar-refractivity contribution >= 4 is 17.0 Å². The highest BCUT2D eigenvalue weighted by molar-refractivity contribution is 5.83. The lowest BCUT2D eigenvalue weighted by atomic mass is 9.98. The molecule has 0 spiro atoms. The lowest BCUT2D eigenvalue weighted by molar-refractivity contribution is -0.141. The fraction of sp³-hybridized carbons (Fsp3) is 0.444. The van der Waals surface area contributed by atoms with Crippen molar-refractivity contribution < 1.29 is 17.9 Å². The van der Waals surface area contributed by atoms with Crippen LogP contribution >= 0.6 is 0 Å². The Morgan fingerprint density at radius 1 is 1.14 bits per heavy atom. The molecule has 3 aromatic rings. The summed E-state index contributed by atoms with van der Waals surface area (Å²) in [6.07, 6.45) is 0.465. The van der Waals surface area contributed by atoms with Gasteiger partial charge in [-0.25, -0.2) is 19.9 Å². The van der Waals surface area contributed by atoms with E-state index < -0.39 is 11.9 Å². The van der Waals surface area contributed by atoms with Crippen LogP contribution in [0.3, 0.4) is 0 Å². The highest BCUT2D eigenvalue weighted by atomic mass is 19.4. The van der Waals surface area contributed by atoms with E-state index >= 15 is 0 Å². The number of ether oxygens (including phenoxy) is 1. The molecule has 10 heteroatoms. The van der Waals surface area contributed by atoms with E-state index in [0.717, 1.165) is 49.0 Å². The molecule has 148 valence electrons. The number of imidazole rings is 1. The number of rotatable bonds is 4. The lowest BCUT2D eigenvalue weighted by Crippen LogP contribution is -2.36. The molecule has 0 radical (unpaired) electrons. The number of halogens is 3. The summed E-state index contributed by atoms with van der Waals surface area (Å²) >= 11 is 0. The first-order valence-corrected chi connectivity index (χ1v) is 8.96. The van der Waals surface area contributed by atoms with Crippen molar-refractivity contribution in [2.24, 2.45) is 13.0 Å². The van der Waals surface area contributed by atoms with Crippen molar-refractivity contribution in [3.05, 3.63) is 36.5 Å². The molecule has 4 rings (SSSR count). The number of hydrogen-bond acceptors (Lipinski definition) is 6. The Labute approximate surface area is 159 Å². The van der Waals surface area contributed by atoms with Crippen LogP contribution in [0.15, 0.2) is 30.9 Å². The summed E-state index contributed by atoms with van der Waals surface area (Å²) in [5.41, 5.74) is 0.613. The van der Waals surface area contributed by atoms with Crippen LogP contribution < -0.4 is 9.64 Å². The topological polar surface area (TPSA) is 69.0 Å². The number of nitrogens with zero attached hydrogens (tertiary/aromatic N) is 6. The highest BCUT2D eigenvalue weighted by Crippen LogP contribution is 2.29. The van der Waals surface area contributed by atoms with Gasteiger partial charge in [0.2, 0.25) is 5.88 Å². The molecule has 4 heterocycles.